The van der Waals surface area contributed by atoms with E-state index in [2.05, 4.69) is 0 Å². The van der Waals surface area contributed by atoms with E-state index in [1.165, 1.54) is 0 Å². The molecular formula is C8H14O4. The first-order valence-electron chi connectivity index (χ1n) is 3.91. The predicted octanol–water partition coefficient (Wildman–Crippen LogP) is 0.845. The van der Waals surface area contributed by atoms with E-state index in [-0.39, 0.29) is 18.3 Å². The Morgan fingerprint density at radius 2 is 2.08 bits per heavy atom. The molecule has 0 spiro atoms. The number of hydrogen-bond donors (Lipinski definition) is 1. The van der Waals surface area contributed by atoms with Crippen molar-refractivity contribution in [2.24, 2.45) is 0 Å². The minimum atomic E-state index is -1.08. The van der Waals surface area contributed by atoms with Crippen LogP contribution in [0.2, 0.25) is 0 Å². The molecule has 0 aromatic rings. The average molecular weight is 174 g/mol. The molecule has 70 valence electrons. The molecule has 0 aromatic carbocycles. The Bertz CT molecular complexity index is 164. The maximum absolute atomic E-state index is 10.9. The number of carbonyl (C=O) groups excluding carboxylic acids is 1. The molecule has 0 heterocycles. The zero-order valence-corrected chi connectivity index (χ0v) is 7.37. The van der Waals surface area contributed by atoms with Crippen molar-refractivity contribution in [3.8, 4) is 0 Å². The maximum Gasteiger partial charge on any atom is 0.310 e. The topological polar surface area (TPSA) is 63.6 Å². The summed E-state index contributed by atoms with van der Waals surface area (Å²) in [5.74, 6) is -1.37. The molecular weight excluding hydrogens is 160 g/mol. The summed E-state index contributed by atoms with van der Waals surface area (Å²) in [4.78, 5) is 21.0. The Morgan fingerprint density at radius 3 is 2.50 bits per heavy atom. The van der Waals surface area contributed by atoms with Crippen LogP contribution in [0.4, 0.5) is 0 Å². The number of rotatable bonds is 6. The third-order valence-electron chi connectivity index (χ3n) is 1.31. The van der Waals surface area contributed by atoms with Gasteiger partial charge in [-0.2, -0.15) is 0 Å². The molecule has 1 atom stereocenters. The van der Waals surface area contributed by atoms with E-state index in [0.717, 1.165) is 0 Å². The number of carboxylic acids is 1. The van der Waals surface area contributed by atoms with Crippen molar-refractivity contribution >= 4 is 11.8 Å². The van der Waals surface area contributed by atoms with Crippen LogP contribution in [0.15, 0.2) is 0 Å². The fraction of sp³-hybridized carbons (Fsp3) is 0.750. The van der Waals surface area contributed by atoms with Crippen molar-refractivity contribution in [3.63, 3.8) is 0 Å². The number of carboxylic acid groups (broad SMARTS) is 1. The minimum Gasteiger partial charge on any atom is -0.481 e. The molecule has 0 aliphatic rings. The van der Waals surface area contributed by atoms with Crippen LogP contribution in [0.1, 0.15) is 26.7 Å². The molecule has 0 amide bonds. The van der Waals surface area contributed by atoms with E-state index in [0.29, 0.717) is 6.61 Å². The Kier molecular flexibility index (Phi) is 5.28. The third-order valence-corrected chi connectivity index (χ3v) is 1.31. The van der Waals surface area contributed by atoms with Gasteiger partial charge in [0.1, 0.15) is 12.2 Å². The summed E-state index contributed by atoms with van der Waals surface area (Å²) in [5, 5.41) is 8.27. The molecule has 12 heavy (non-hydrogen) atoms. The van der Waals surface area contributed by atoms with Crippen LogP contribution >= 0.6 is 0 Å². The van der Waals surface area contributed by atoms with Crippen molar-refractivity contribution in [1.29, 1.82) is 0 Å². The smallest absolute Gasteiger partial charge is 0.310 e. The van der Waals surface area contributed by atoms with Gasteiger partial charge >= 0.3 is 5.97 Å². The molecule has 0 aliphatic carbocycles. The minimum absolute atomic E-state index is 0.179. The Morgan fingerprint density at radius 1 is 1.50 bits per heavy atom. The largest absolute Gasteiger partial charge is 0.481 e. The van der Waals surface area contributed by atoms with E-state index in [1.807, 2.05) is 6.92 Å². The summed E-state index contributed by atoms with van der Waals surface area (Å²) in [6, 6.07) is 0. The molecule has 0 rings (SSSR count). The van der Waals surface area contributed by atoms with Gasteiger partial charge in [-0.05, 0) is 13.8 Å². The van der Waals surface area contributed by atoms with Crippen LogP contribution in [-0.2, 0) is 14.3 Å². The molecule has 0 aromatic heterocycles. The van der Waals surface area contributed by atoms with Crippen LogP contribution in [0, 0.1) is 0 Å². The fourth-order valence-corrected chi connectivity index (χ4v) is 0.905. The summed E-state index contributed by atoms with van der Waals surface area (Å²) < 4.78 is 5.08. The summed E-state index contributed by atoms with van der Waals surface area (Å²) in [6.45, 7) is 4.13. The molecule has 0 bridgehead atoms. The van der Waals surface area contributed by atoms with Gasteiger partial charge in [0.25, 0.3) is 0 Å². The SMILES string of the molecule is CCOC(C)CC(=O)CC(=O)O. The first-order valence-corrected chi connectivity index (χ1v) is 3.91. The molecule has 1 N–H and O–H groups in total. The van der Waals surface area contributed by atoms with Crippen LogP contribution in [0.5, 0.6) is 0 Å². The lowest BCUT2D eigenvalue weighted by Crippen LogP contribution is -2.16. The van der Waals surface area contributed by atoms with E-state index in [9.17, 15) is 9.59 Å². The highest BCUT2D eigenvalue weighted by Gasteiger charge is 2.11. The second-order valence-corrected chi connectivity index (χ2v) is 2.58. The summed E-state index contributed by atoms with van der Waals surface area (Å²) in [7, 11) is 0. The van der Waals surface area contributed by atoms with E-state index in [4.69, 9.17) is 9.84 Å². The van der Waals surface area contributed by atoms with Gasteiger partial charge in [0.2, 0.25) is 0 Å². The molecule has 1 unspecified atom stereocenters. The van der Waals surface area contributed by atoms with Gasteiger partial charge in [-0.1, -0.05) is 0 Å². The average Bonchev–Trinajstić information content (AvgIpc) is 1.84. The lowest BCUT2D eigenvalue weighted by molar-refractivity contribution is -0.140. The second-order valence-electron chi connectivity index (χ2n) is 2.58. The molecule has 0 saturated carbocycles. The fourth-order valence-electron chi connectivity index (χ4n) is 0.905. The van der Waals surface area contributed by atoms with Gasteiger partial charge in [-0.15, -0.1) is 0 Å². The monoisotopic (exact) mass is 174 g/mol. The highest BCUT2D eigenvalue weighted by atomic mass is 16.5. The molecule has 4 nitrogen and oxygen atoms in total. The molecule has 0 fully saturated rings. The number of ether oxygens (including phenoxy) is 1. The lowest BCUT2D eigenvalue weighted by Gasteiger charge is -2.08. The first-order chi connectivity index (χ1) is 5.56. The predicted molar refractivity (Wildman–Crippen MR) is 43.0 cm³/mol. The third kappa shape index (κ3) is 5.85. The molecule has 0 radical (unpaired) electrons. The normalized spacial score (nSPS) is 12.5. The number of aliphatic carboxylic acids is 1. The number of carbonyl (C=O) groups is 2. The number of ketones is 1. The van der Waals surface area contributed by atoms with E-state index in [1.54, 1.807) is 6.92 Å². The van der Waals surface area contributed by atoms with Gasteiger partial charge < -0.3 is 9.84 Å². The summed E-state index contributed by atoms with van der Waals surface area (Å²) in [6.07, 6.45) is -0.403. The van der Waals surface area contributed by atoms with Crippen molar-refractivity contribution in [2.75, 3.05) is 6.61 Å². The van der Waals surface area contributed by atoms with Crippen LogP contribution < -0.4 is 0 Å². The quantitative estimate of drug-likeness (QED) is 0.606. The number of hydrogen-bond acceptors (Lipinski definition) is 3. The summed E-state index contributed by atoms with van der Waals surface area (Å²) >= 11 is 0. The van der Waals surface area contributed by atoms with Crippen molar-refractivity contribution < 1.29 is 19.4 Å². The molecule has 4 heteroatoms. The van der Waals surface area contributed by atoms with Crippen molar-refractivity contribution in [3.05, 3.63) is 0 Å². The maximum atomic E-state index is 10.9. The number of Topliss-reactive ketones (excluding diaryl/α,β-unsaturated/α-hetero) is 1. The highest BCUT2D eigenvalue weighted by Crippen LogP contribution is 2.00. The lowest BCUT2D eigenvalue weighted by atomic mass is 10.1. The van der Waals surface area contributed by atoms with Crippen LogP contribution in [0.25, 0.3) is 0 Å². The first kappa shape index (κ1) is 11.1. The zero-order valence-electron chi connectivity index (χ0n) is 7.37. The molecule has 0 saturated heterocycles. The van der Waals surface area contributed by atoms with Gasteiger partial charge in [-0.25, -0.2) is 0 Å². The van der Waals surface area contributed by atoms with E-state index < -0.39 is 12.4 Å². The van der Waals surface area contributed by atoms with Crippen molar-refractivity contribution in [1.82, 2.24) is 0 Å². The zero-order chi connectivity index (χ0) is 9.56. The van der Waals surface area contributed by atoms with Gasteiger partial charge in [-0.3, -0.25) is 9.59 Å². The molecule has 0 aliphatic heterocycles. The van der Waals surface area contributed by atoms with Crippen LogP contribution in [-0.4, -0.2) is 29.6 Å². The summed E-state index contributed by atoms with van der Waals surface area (Å²) in [5.41, 5.74) is 0. The van der Waals surface area contributed by atoms with Crippen molar-refractivity contribution in [2.45, 2.75) is 32.8 Å². The Balaban J connectivity index is 3.61. The van der Waals surface area contributed by atoms with Gasteiger partial charge in [0.05, 0.1) is 6.10 Å². The second kappa shape index (κ2) is 5.71. The van der Waals surface area contributed by atoms with Crippen LogP contribution in [0.3, 0.4) is 0 Å². The Hall–Kier alpha value is -0.900. The van der Waals surface area contributed by atoms with E-state index >= 15 is 0 Å². The standard InChI is InChI=1S/C8H14O4/c1-3-12-6(2)4-7(9)5-8(10)11/h6H,3-5H2,1-2H3,(H,10,11). The van der Waals surface area contributed by atoms with Gasteiger partial charge in [0.15, 0.2) is 0 Å². The highest BCUT2D eigenvalue weighted by molar-refractivity contribution is 5.94. The van der Waals surface area contributed by atoms with Gasteiger partial charge in [0, 0.05) is 13.0 Å². The Labute approximate surface area is 71.5 Å².